The second kappa shape index (κ2) is 4.84. The van der Waals surface area contributed by atoms with Gasteiger partial charge in [0.1, 0.15) is 0 Å². The Balaban J connectivity index is 3.18. The molecule has 0 aromatic carbocycles. The Morgan fingerprint density at radius 3 is 2.06 bits per heavy atom. The van der Waals surface area contributed by atoms with Crippen LogP contribution in [0.25, 0.3) is 0 Å². The fourth-order valence-electron chi connectivity index (χ4n) is 1.07. The van der Waals surface area contributed by atoms with E-state index in [0.29, 0.717) is 5.69 Å². The summed E-state index contributed by atoms with van der Waals surface area (Å²) < 4.78 is 0. The van der Waals surface area contributed by atoms with Crippen molar-refractivity contribution in [1.82, 2.24) is 4.98 Å². The van der Waals surface area contributed by atoms with E-state index in [2.05, 4.69) is 22.9 Å². The quantitative estimate of drug-likeness (QED) is 0.467. The Morgan fingerprint density at radius 1 is 1.31 bits per heavy atom. The van der Waals surface area contributed by atoms with Gasteiger partial charge >= 0.3 is 11.9 Å². The number of rotatable bonds is 4. The summed E-state index contributed by atoms with van der Waals surface area (Å²) in [6.45, 7) is 1.73. The molecule has 86 valence electrons. The summed E-state index contributed by atoms with van der Waals surface area (Å²) in [6, 6.07) is 2.50. The molecule has 3 N–H and O–H groups in total. The van der Waals surface area contributed by atoms with Crippen molar-refractivity contribution in [2.75, 3.05) is 5.32 Å². The fourth-order valence-corrected chi connectivity index (χ4v) is 1.22. The van der Waals surface area contributed by atoms with Gasteiger partial charge in [-0.1, -0.05) is 0 Å². The zero-order valence-corrected chi connectivity index (χ0v) is 9.23. The molecule has 1 unspecified atom stereocenters. The zero-order chi connectivity index (χ0) is 12.3. The molecule has 0 bridgehead atoms. The normalized spacial score (nSPS) is 11.9. The van der Waals surface area contributed by atoms with Crippen molar-refractivity contribution < 1.29 is 19.8 Å². The minimum Gasteiger partial charge on any atom is -0.477 e. The maximum atomic E-state index is 10.7. The van der Waals surface area contributed by atoms with E-state index in [0.717, 1.165) is 0 Å². The van der Waals surface area contributed by atoms with Gasteiger partial charge in [-0.2, -0.15) is 12.6 Å². The number of aromatic carboxylic acids is 2. The van der Waals surface area contributed by atoms with Crippen LogP contribution in [0.2, 0.25) is 0 Å². The topological polar surface area (TPSA) is 99.5 Å². The van der Waals surface area contributed by atoms with E-state index in [1.165, 1.54) is 12.1 Å². The molecule has 0 saturated heterocycles. The summed E-state index contributed by atoms with van der Waals surface area (Å²) in [4.78, 5) is 24.9. The number of anilines is 1. The smallest absolute Gasteiger partial charge is 0.354 e. The van der Waals surface area contributed by atoms with Crippen molar-refractivity contribution in [3.05, 3.63) is 23.5 Å². The number of nitrogens with zero attached hydrogens (tertiary/aromatic N) is 1. The molecule has 0 fully saturated rings. The van der Waals surface area contributed by atoms with Crippen LogP contribution in [-0.4, -0.2) is 32.5 Å². The van der Waals surface area contributed by atoms with Gasteiger partial charge in [0.25, 0.3) is 0 Å². The monoisotopic (exact) mass is 242 g/mol. The molecule has 1 aromatic heterocycles. The molecule has 1 atom stereocenters. The number of pyridine rings is 1. The maximum Gasteiger partial charge on any atom is 0.354 e. The number of aromatic nitrogens is 1. The molecule has 1 aromatic rings. The third kappa shape index (κ3) is 3.13. The van der Waals surface area contributed by atoms with Crippen molar-refractivity contribution in [2.45, 2.75) is 12.3 Å². The van der Waals surface area contributed by atoms with Crippen LogP contribution in [0.3, 0.4) is 0 Å². The molecule has 16 heavy (non-hydrogen) atoms. The average Bonchev–Trinajstić information content (AvgIpc) is 2.15. The second-order valence-electron chi connectivity index (χ2n) is 3.06. The van der Waals surface area contributed by atoms with Crippen LogP contribution in [-0.2, 0) is 0 Å². The van der Waals surface area contributed by atoms with Crippen molar-refractivity contribution in [3.63, 3.8) is 0 Å². The molecular weight excluding hydrogens is 232 g/mol. The maximum absolute atomic E-state index is 10.7. The van der Waals surface area contributed by atoms with Gasteiger partial charge in [0.05, 0.1) is 5.37 Å². The standard InChI is InChI=1S/C9H10N2O4S/c1-4(16)10-5-2-6(8(12)13)11-7(3-5)9(14)15/h2-4,16H,1H3,(H,10,11)(H,12,13)(H,14,15). The van der Waals surface area contributed by atoms with Crippen LogP contribution < -0.4 is 5.32 Å². The number of hydrogen-bond donors (Lipinski definition) is 4. The first-order chi connectivity index (χ1) is 7.40. The highest BCUT2D eigenvalue weighted by molar-refractivity contribution is 7.81. The molecule has 0 amide bonds. The summed E-state index contributed by atoms with van der Waals surface area (Å²) in [5.41, 5.74) is -0.292. The molecule has 0 aliphatic carbocycles. The largest absolute Gasteiger partial charge is 0.477 e. The summed E-state index contributed by atoms with van der Waals surface area (Å²) in [5.74, 6) is -2.56. The van der Waals surface area contributed by atoms with Crippen LogP contribution in [0, 0.1) is 0 Å². The highest BCUT2D eigenvalue weighted by atomic mass is 32.1. The molecule has 0 spiro atoms. The van der Waals surface area contributed by atoms with Crippen LogP contribution in [0.5, 0.6) is 0 Å². The molecule has 1 rings (SSSR count). The summed E-state index contributed by atoms with van der Waals surface area (Å²) in [6.07, 6.45) is 0. The van der Waals surface area contributed by atoms with Crippen LogP contribution in [0.15, 0.2) is 12.1 Å². The predicted molar refractivity (Wildman–Crippen MR) is 60.2 cm³/mol. The first-order valence-electron chi connectivity index (χ1n) is 4.33. The Morgan fingerprint density at radius 2 is 1.75 bits per heavy atom. The SMILES string of the molecule is CC(S)Nc1cc(C(=O)O)nc(C(=O)O)c1. The van der Waals surface area contributed by atoms with Gasteiger partial charge in [-0.25, -0.2) is 14.6 Å². The third-order valence-electron chi connectivity index (χ3n) is 1.64. The first kappa shape index (κ1) is 12.3. The van der Waals surface area contributed by atoms with Gasteiger partial charge in [0.15, 0.2) is 11.4 Å². The number of carbonyl (C=O) groups is 2. The highest BCUT2D eigenvalue weighted by Crippen LogP contribution is 2.14. The molecule has 0 saturated carbocycles. The Labute approximate surface area is 96.7 Å². The predicted octanol–water partition coefficient (Wildman–Crippen LogP) is 1.17. The highest BCUT2D eigenvalue weighted by Gasteiger charge is 2.13. The third-order valence-corrected chi connectivity index (χ3v) is 1.77. The lowest BCUT2D eigenvalue weighted by atomic mass is 10.2. The number of carboxylic acid groups (broad SMARTS) is 2. The van der Waals surface area contributed by atoms with Gasteiger partial charge in [-0.15, -0.1) is 0 Å². The van der Waals surface area contributed by atoms with E-state index in [-0.39, 0.29) is 16.8 Å². The van der Waals surface area contributed by atoms with Crippen LogP contribution in [0.1, 0.15) is 27.9 Å². The van der Waals surface area contributed by atoms with Gasteiger partial charge in [-0.05, 0) is 19.1 Å². The summed E-state index contributed by atoms with van der Waals surface area (Å²) >= 11 is 4.06. The van der Waals surface area contributed by atoms with Crippen LogP contribution >= 0.6 is 12.6 Å². The Kier molecular flexibility index (Phi) is 3.73. The van der Waals surface area contributed by atoms with Gasteiger partial charge in [-0.3, -0.25) is 0 Å². The van der Waals surface area contributed by atoms with Crippen molar-refractivity contribution in [1.29, 1.82) is 0 Å². The molecule has 0 radical (unpaired) electrons. The molecular formula is C9H10N2O4S. The lowest BCUT2D eigenvalue weighted by molar-refractivity contribution is 0.0685. The van der Waals surface area contributed by atoms with Crippen molar-refractivity contribution in [3.8, 4) is 0 Å². The van der Waals surface area contributed by atoms with E-state index in [1.807, 2.05) is 0 Å². The molecule has 1 heterocycles. The molecule has 6 nitrogen and oxygen atoms in total. The Bertz CT molecular complexity index is 401. The molecule has 7 heteroatoms. The summed E-state index contributed by atoms with van der Waals surface area (Å²) in [7, 11) is 0. The lowest BCUT2D eigenvalue weighted by Crippen LogP contribution is -2.12. The van der Waals surface area contributed by atoms with Gasteiger partial charge in [0, 0.05) is 5.69 Å². The van der Waals surface area contributed by atoms with E-state index in [1.54, 1.807) is 6.92 Å². The fraction of sp³-hybridized carbons (Fsp3) is 0.222. The van der Waals surface area contributed by atoms with Crippen LogP contribution in [0.4, 0.5) is 5.69 Å². The number of thiol groups is 1. The lowest BCUT2D eigenvalue weighted by Gasteiger charge is -2.10. The molecule has 0 aliphatic heterocycles. The first-order valence-corrected chi connectivity index (χ1v) is 4.85. The van der Waals surface area contributed by atoms with Gasteiger partial charge in [0.2, 0.25) is 0 Å². The Hall–Kier alpha value is -1.76. The zero-order valence-electron chi connectivity index (χ0n) is 8.34. The van der Waals surface area contributed by atoms with Gasteiger partial charge < -0.3 is 15.5 Å². The number of hydrogen-bond acceptors (Lipinski definition) is 5. The number of carboxylic acids is 2. The van der Waals surface area contributed by atoms with E-state index in [9.17, 15) is 9.59 Å². The number of nitrogens with one attached hydrogen (secondary N) is 1. The van der Waals surface area contributed by atoms with Crippen molar-refractivity contribution >= 4 is 30.3 Å². The van der Waals surface area contributed by atoms with E-state index >= 15 is 0 Å². The van der Waals surface area contributed by atoms with E-state index in [4.69, 9.17) is 10.2 Å². The minimum atomic E-state index is -1.28. The average molecular weight is 242 g/mol. The molecule has 0 aliphatic rings. The van der Waals surface area contributed by atoms with E-state index < -0.39 is 11.9 Å². The second-order valence-corrected chi connectivity index (χ2v) is 3.83. The summed E-state index contributed by atoms with van der Waals surface area (Å²) in [5, 5.41) is 20.1. The van der Waals surface area contributed by atoms with Crippen molar-refractivity contribution in [2.24, 2.45) is 0 Å². The minimum absolute atomic E-state index is 0.231.